The lowest BCUT2D eigenvalue weighted by molar-refractivity contribution is 0.753. The van der Waals surface area contributed by atoms with Crippen LogP contribution in [0.25, 0.3) is 99.5 Å². The average Bonchev–Trinajstić information content (AvgIpc) is 1.46. The van der Waals surface area contributed by atoms with Gasteiger partial charge in [-0.15, -0.1) is 0 Å². The van der Waals surface area contributed by atoms with Crippen LogP contribution in [-0.4, -0.2) is 9.13 Å². The normalized spacial score (nSPS) is 13.6. The predicted molar refractivity (Wildman–Crippen MR) is 424 cm³/mol. The third-order valence-corrected chi connectivity index (χ3v) is 22.4. The molecule has 2 aromatic heterocycles. The highest BCUT2D eigenvalue weighted by atomic mass is 15.2. The smallest absolute Gasteiger partial charge is 0.0754 e. The monoisotopic (exact) mass is 1300 g/mol. The summed E-state index contributed by atoms with van der Waals surface area (Å²) in [6.45, 7) is 0. The summed E-state index contributed by atoms with van der Waals surface area (Å²) in [4.78, 5) is 4.87. The fraction of sp³-hybridized carbons (Fsp3) is 0.0204. The molecule has 2 spiro atoms. The van der Waals surface area contributed by atoms with Gasteiger partial charge in [0.1, 0.15) is 0 Å². The first-order chi connectivity index (χ1) is 50.6. The minimum atomic E-state index is -0.452. The van der Waals surface area contributed by atoms with E-state index in [1.165, 1.54) is 167 Å². The summed E-state index contributed by atoms with van der Waals surface area (Å²) < 4.78 is 4.79. The van der Waals surface area contributed by atoms with Crippen molar-refractivity contribution in [1.82, 2.24) is 9.13 Å². The number of benzene rings is 16. The van der Waals surface area contributed by atoms with Crippen molar-refractivity contribution in [2.75, 3.05) is 9.80 Å². The van der Waals surface area contributed by atoms with Gasteiger partial charge in [0, 0.05) is 44.3 Å². The molecule has 18 aromatic rings. The number of nitrogens with zero attached hydrogens (tertiary/aromatic N) is 4. The molecule has 2 aliphatic carbocycles. The summed E-state index contributed by atoms with van der Waals surface area (Å²) in [6.07, 6.45) is 0. The van der Waals surface area contributed by atoms with Gasteiger partial charge in [0.15, 0.2) is 0 Å². The molecular weight excluding hydrogens is 1230 g/mol. The Labute approximate surface area is 592 Å². The van der Waals surface area contributed by atoms with E-state index in [0.717, 1.165) is 11.4 Å². The van der Waals surface area contributed by atoms with Crippen molar-refractivity contribution in [2.45, 2.75) is 10.8 Å². The number of anilines is 6. The highest BCUT2D eigenvalue weighted by Crippen LogP contribution is 2.66. The fourth-order valence-corrected chi connectivity index (χ4v) is 18.3. The predicted octanol–water partition coefficient (Wildman–Crippen LogP) is 25.2. The fourth-order valence-electron chi connectivity index (χ4n) is 18.3. The van der Waals surface area contributed by atoms with Gasteiger partial charge in [0.05, 0.1) is 55.6 Å². The first kappa shape index (κ1) is 57.8. The van der Waals surface area contributed by atoms with Crippen LogP contribution in [0.5, 0.6) is 0 Å². The molecule has 0 saturated carbocycles. The van der Waals surface area contributed by atoms with Gasteiger partial charge >= 0.3 is 0 Å². The quantitative estimate of drug-likeness (QED) is 0.165. The van der Waals surface area contributed by atoms with Gasteiger partial charge < -0.3 is 18.9 Å². The number of rotatable bonds is 6. The molecule has 4 heteroatoms. The largest absolute Gasteiger partial charge is 0.310 e. The molecule has 16 aromatic carbocycles. The Hall–Kier alpha value is -13.3. The van der Waals surface area contributed by atoms with Crippen molar-refractivity contribution in [3.05, 3.63) is 433 Å². The van der Waals surface area contributed by atoms with Crippen LogP contribution in [0, 0.1) is 0 Å². The Morgan fingerprint density at radius 1 is 0.167 bits per heavy atom. The molecule has 0 N–H and O–H groups in total. The van der Waals surface area contributed by atoms with Crippen molar-refractivity contribution in [2.24, 2.45) is 0 Å². The van der Waals surface area contributed by atoms with Crippen LogP contribution in [0.1, 0.15) is 44.5 Å². The summed E-state index contributed by atoms with van der Waals surface area (Å²) in [6, 6.07) is 143. The first-order valence-electron chi connectivity index (χ1n) is 35.4. The molecule has 0 unspecified atom stereocenters. The zero-order valence-corrected chi connectivity index (χ0v) is 55.7. The first-order valence-corrected chi connectivity index (χ1v) is 35.4. The average molecular weight is 1300 g/mol. The van der Waals surface area contributed by atoms with E-state index in [0.29, 0.717) is 0 Å². The summed E-state index contributed by atoms with van der Waals surface area (Å²) in [7, 11) is 0. The molecule has 0 atom stereocenters. The summed E-state index contributed by atoms with van der Waals surface area (Å²) in [5.41, 5.74) is 34.2. The summed E-state index contributed by atoms with van der Waals surface area (Å²) in [5.74, 6) is 0. The second kappa shape index (κ2) is 22.6. The van der Waals surface area contributed by atoms with Crippen LogP contribution in [0.15, 0.2) is 388 Å². The second-order valence-corrected chi connectivity index (χ2v) is 27.4. The Morgan fingerprint density at radius 3 is 0.912 bits per heavy atom. The van der Waals surface area contributed by atoms with Crippen LogP contribution < -0.4 is 9.80 Å². The number of hydrogen-bond acceptors (Lipinski definition) is 2. The third kappa shape index (κ3) is 8.20. The van der Waals surface area contributed by atoms with Gasteiger partial charge in [-0.1, -0.05) is 273 Å². The third-order valence-electron chi connectivity index (χ3n) is 22.4. The van der Waals surface area contributed by atoms with Crippen molar-refractivity contribution < 1.29 is 0 Å². The highest BCUT2D eigenvalue weighted by Gasteiger charge is 2.53. The zero-order valence-electron chi connectivity index (χ0n) is 55.7. The maximum atomic E-state index is 2.44. The SMILES string of the molecule is c1ccc(N2c3ccccc3C3(c4ccccc4-c4cc(-c5ccc6c(c5)c5ccccc5n6-c5ccccc5)ccc43)c3ccccc32)cc1.c1ccc(N2c3ccccc3C3(c4ccccc4-c4cc(-c5ccc6c7ccccc7n(-c7ccccc7)c6c5)ccc43)c3ccccc32)cc1. The Morgan fingerprint density at radius 2 is 0.461 bits per heavy atom. The van der Waals surface area contributed by atoms with E-state index in [2.05, 4.69) is 407 Å². The van der Waals surface area contributed by atoms with Crippen LogP contribution in [0.3, 0.4) is 0 Å². The highest BCUT2D eigenvalue weighted by molar-refractivity contribution is 6.12. The molecular formula is C98H64N4. The minimum Gasteiger partial charge on any atom is -0.310 e. The zero-order chi connectivity index (χ0) is 67.0. The lowest BCUT2D eigenvalue weighted by atomic mass is 9.64. The molecule has 0 saturated heterocycles. The molecule has 0 bridgehead atoms. The van der Waals surface area contributed by atoms with E-state index < -0.39 is 10.8 Å². The van der Waals surface area contributed by atoms with Crippen LogP contribution in [-0.2, 0) is 10.8 Å². The molecule has 22 rings (SSSR count). The molecule has 102 heavy (non-hydrogen) atoms. The summed E-state index contributed by atoms with van der Waals surface area (Å²) >= 11 is 0. The standard InChI is InChI=1S/2C49H32N2/c1-3-15-35(16-4-1)50-45-24-12-8-20-38(45)39-29-27-34(32-48(39)50)33-28-30-42-40(31-33)37-19-7-9-21-41(37)49(42)43-22-10-13-25-46(43)51(36-17-5-2-6-18-36)47-26-14-11-23-44(47)49;1-3-15-35(16-4-1)50-45-24-12-8-20-38(45)40-32-34(28-30-46(40)50)33-27-29-42-39(31-33)37-19-7-9-21-41(37)49(42)43-22-10-13-25-47(43)51(36-17-5-2-6-18-36)48-26-14-11-23-44(48)49/h2*1-32H. The van der Waals surface area contributed by atoms with Gasteiger partial charge in [-0.3, -0.25) is 0 Å². The Bertz CT molecular complexity index is 6300. The second-order valence-electron chi connectivity index (χ2n) is 27.4. The Balaban J connectivity index is 0.000000133. The molecule has 0 amide bonds. The van der Waals surface area contributed by atoms with Gasteiger partial charge in [0.2, 0.25) is 0 Å². The van der Waals surface area contributed by atoms with Crippen molar-refractivity contribution in [3.63, 3.8) is 0 Å². The van der Waals surface area contributed by atoms with E-state index in [4.69, 9.17) is 0 Å². The van der Waals surface area contributed by atoms with Crippen LogP contribution in [0.4, 0.5) is 34.1 Å². The maximum absolute atomic E-state index is 2.44. The molecule has 4 nitrogen and oxygen atoms in total. The molecule has 0 radical (unpaired) electrons. The summed E-state index contributed by atoms with van der Waals surface area (Å²) in [5, 5.41) is 5.07. The van der Waals surface area contributed by atoms with Crippen LogP contribution in [0.2, 0.25) is 0 Å². The van der Waals surface area contributed by atoms with Gasteiger partial charge in [-0.05, 0) is 204 Å². The minimum absolute atomic E-state index is 0.448. The molecule has 476 valence electrons. The van der Waals surface area contributed by atoms with E-state index in [-0.39, 0.29) is 0 Å². The van der Waals surface area contributed by atoms with Crippen molar-refractivity contribution in [3.8, 4) is 55.9 Å². The van der Waals surface area contributed by atoms with E-state index in [1.54, 1.807) is 0 Å². The lowest BCUT2D eigenvalue weighted by Crippen LogP contribution is -2.36. The number of aromatic nitrogens is 2. The van der Waals surface area contributed by atoms with E-state index in [9.17, 15) is 0 Å². The number of hydrogen-bond donors (Lipinski definition) is 0. The number of fused-ring (bicyclic) bond motifs is 24. The molecule has 0 fully saturated rings. The van der Waals surface area contributed by atoms with E-state index in [1.807, 2.05) is 0 Å². The Kier molecular flexibility index (Phi) is 12.8. The molecule has 4 heterocycles. The van der Waals surface area contributed by atoms with Gasteiger partial charge in [-0.25, -0.2) is 0 Å². The van der Waals surface area contributed by atoms with Crippen LogP contribution >= 0.6 is 0 Å². The topological polar surface area (TPSA) is 16.3 Å². The van der Waals surface area contributed by atoms with Crippen molar-refractivity contribution >= 4 is 77.7 Å². The number of para-hydroxylation sites is 10. The van der Waals surface area contributed by atoms with Gasteiger partial charge in [0.25, 0.3) is 0 Å². The van der Waals surface area contributed by atoms with E-state index >= 15 is 0 Å². The molecule has 4 aliphatic rings. The van der Waals surface area contributed by atoms with Crippen molar-refractivity contribution in [1.29, 1.82) is 0 Å². The lowest BCUT2D eigenvalue weighted by Gasteiger charge is -2.45. The van der Waals surface area contributed by atoms with Gasteiger partial charge in [-0.2, -0.15) is 0 Å². The molecule has 2 aliphatic heterocycles. The maximum Gasteiger partial charge on any atom is 0.0754 e.